The van der Waals surface area contributed by atoms with E-state index >= 15 is 0 Å². The molecule has 1 amide bonds. The number of carbonyl (C=O) groups is 3. The lowest BCUT2D eigenvalue weighted by atomic mass is 9.63. The third kappa shape index (κ3) is 3.80. The topological polar surface area (TPSA) is 94.2 Å². The number of benzene rings is 4. The fourth-order valence-electron chi connectivity index (χ4n) is 7.22. The van der Waals surface area contributed by atoms with E-state index in [1.165, 1.54) is 14.2 Å². The third-order valence-electron chi connectivity index (χ3n) is 9.12. The van der Waals surface area contributed by atoms with E-state index in [1.807, 2.05) is 65.6 Å². The molecule has 0 aromatic heterocycles. The summed E-state index contributed by atoms with van der Waals surface area (Å²) >= 11 is 0. The van der Waals surface area contributed by atoms with Crippen molar-refractivity contribution < 1.29 is 28.6 Å². The Kier molecular flexibility index (Phi) is 6.50. The lowest BCUT2D eigenvalue weighted by Crippen LogP contribution is -2.55. The Morgan fingerprint density at radius 1 is 0.773 bits per heavy atom. The summed E-state index contributed by atoms with van der Waals surface area (Å²) < 4.78 is 16.3. The Bertz CT molecular complexity index is 1850. The molecule has 4 aromatic rings. The van der Waals surface area contributed by atoms with Crippen molar-refractivity contribution in [1.82, 2.24) is 0 Å². The number of ether oxygens (including phenoxy) is 3. The number of Topliss-reactive ketones (excluding diaryl/α,β-unsaturated/α-hetero) is 2. The van der Waals surface area contributed by atoms with E-state index in [4.69, 9.17) is 14.2 Å². The van der Waals surface area contributed by atoms with E-state index in [1.54, 1.807) is 49.6 Å². The minimum absolute atomic E-state index is 0.266. The summed E-state index contributed by atoms with van der Waals surface area (Å²) in [5, 5.41) is 3.04. The third-order valence-corrected chi connectivity index (χ3v) is 9.12. The zero-order chi connectivity index (χ0) is 30.6. The molecule has 4 atom stereocenters. The number of fused-ring (bicyclic) bond motifs is 5. The average Bonchev–Trinajstić information content (AvgIpc) is 3.55. The smallest absolute Gasteiger partial charge is 0.238 e. The van der Waals surface area contributed by atoms with Crippen LogP contribution in [-0.4, -0.2) is 50.9 Å². The predicted molar refractivity (Wildman–Crippen MR) is 167 cm³/mol. The van der Waals surface area contributed by atoms with Gasteiger partial charge in [-0.05, 0) is 65.7 Å². The summed E-state index contributed by atoms with van der Waals surface area (Å²) in [4.78, 5) is 46.4. The molecule has 8 nitrogen and oxygen atoms in total. The monoisotopic (exact) mass is 586 g/mol. The molecular formula is C36H30N2O6. The van der Waals surface area contributed by atoms with Gasteiger partial charge in [0.05, 0.1) is 33.3 Å². The molecule has 44 heavy (non-hydrogen) atoms. The number of methoxy groups -OCH3 is 3. The number of nitrogens with one attached hydrogen (secondary N) is 1. The average molecular weight is 587 g/mol. The Labute approximate surface area is 254 Å². The first-order chi connectivity index (χ1) is 21.4. The van der Waals surface area contributed by atoms with Gasteiger partial charge in [-0.1, -0.05) is 48.6 Å². The number of nitrogens with zero attached hydrogens (tertiary/aromatic N) is 1. The lowest BCUT2D eigenvalue weighted by molar-refractivity contribution is -0.121. The van der Waals surface area contributed by atoms with Gasteiger partial charge in [0.1, 0.15) is 17.2 Å². The number of anilines is 2. The summed E-state index contributed by atoms with van der Waals surface area (Å²) in [5.41, 5.74) is 2.11. The van der Waals surface area contributed by atoms with Crippen LogP contribution in [-0.2, 0) is 10.2 Å². The summed E-state index contributed by atoms with van der Waals surface area (Å²) in [7, 11) is 4.60. The van der Waals surface area contributed by atoms with Gasteiger partial charge >= 0.3 is 0 Å². The minimum Gasteiger partial charge on any atom is -0.497 e. The lowest BCUT2D eigenvalue weighted by Gasteiger charge is -2.37. The first-order valence-electron chi connectivity index (χ1n) is 14.3. The molecule has 4 aromatic carbocycles. The first kappa shape index (κ1) is 27.5. The van der Waals surface area contributed by atoms with E-state index in [2.05, 4.69) is 5.32 Å². The van der Waals surface area contributed by atoms with Crippen LogP contribution in [0.5, 0.6) is 17.2 Å². The zero-order valence-corrected chi connectivity index (χ0v) is 24.4. The molecule has 1 fully saturated rings. The number of hydrogen-bond donors (Lipinski definition) is 1. The molecule has 0 aliphatic carbocycles. The second-order valence-electron chi connectivity index (χ2n) is 11.1. The number of para-hydroxylation sites is 2. The normalized spacial score (nSPS) is 22.6. The predicted octanol–water partition coefficient (Wildman–Crippen LogP) is 5.57. The molecule has 1 unspecified atom stereocenters. The van der Waals surface area contributed by atoms with Gasteiger partial charge in [-0.2, -0.15) is 0 Å². The summed E-state index contributed by atoms with van der Waals surface area (Å²) in [6, 6.07) is 25.3. The second kappa shape index (κ2) is 10.4. The molecule has 1 N–H and O–H groups in total. The van der Waals surface area contributed by atoms with E-state index in [0.717, 1.165) is 11.3 Å². The molecule has 1 saturated heterocycles. The quantitative estimate of drug-likeness (QED) is 0.283. The maximum atomic E-state index is 14.9. The van der Waals surface area contributed by atoms with E-state index < -0.39 is 23.4 Å². The van der Waals surface area contributed by atoms with Crippen molar-refractivity contribution in [2.45, 2.75) is 17.5 Å². The van der Waals surface area contributed by atoms with Crippen LogP contribution in [0.25, 0.3) is 6.08 Å². The van der Waals surface area contributed by atoms with E-state index in [9.17, 15) is 14.4 Å². The van der Waals surface area contributed by atoms with Crippen molar-refractivity contribution in [3.05, 3.63) is 119 Å². The van der Waals surface area contributed by atoms with Crippen LogP contribution in [0, 0.1) is 5.92 Å². The van der Waals surface area contributed by atoms with E-state index in [-0.39, 0.29) is 17.5 Å². The number of ketones is 2. The Morgan fingerprint density at radius 2 is 1.48 bits per heavy atom. The number of hydrogen-bond acceptors (Lipinski definition) is 7. The highest BCUT2D eigenvalue weighted by Gasteiger charge is 2.71. The summed E-state index contributed by atoms with van der Waals surface area (Å²) in [6.07, 6.45) is 3.92. The fourth-order valence-corrected chi connectivity index (χ4v) is 7.22. The Balaban J connectivity index is 1.51. The highest BCUT2D eigenvalue weighted by Crippen LogP contribution is 2.58. The van der Waals surface area contributed by atoms with Gasteiger partial charge in [0.15, 0.2) is 23.1 Å². The van der Waals surface area contributed by atoms with Crippen LogP contribution in [0.2, 0.25) is 0 Å². The zero-order valence-electron chi connectivity index (χ0n) is 24.4. The number of carbonyl (C=O) groups excluding carboxylic acids is 3. The molecule has 0 saturated carbocycles. The Hall–Kier alpha value is -5.37. The molecule has 7 rings (SSSR count). The van der Waals surface area contributed by atoms with Crippen LogP contribution in [0.3, 0.4) is 0 Å². The van der Waals surface area contributed by atoms with Crippen molar-refractivity contribution in [2.24, 2.45) is 5.92 Å². The van der Waals surface area contributed by atoms with Crippen molar-refractivity contribution in [3.8, 4) is 17.2 Å². The molecule has 0 bridgehead atoms. The van der Waals surface area contributed by atoms with Crippen LogP contribution in [0.4, 0.5) is 11.4 Å². The van der Waals surface area contributed by atoms with Crippen molar-refractivity contribution in [3.63, 3.8) is 0 Å². The maximum Gasteiger partial charge on any atom is 0.238 e. The molecule has 3 aliphatic heterocycles. The highest BCUT2D eigenvalue weighted by atomic mass is 16.5. The molecule has 3 aliphatic rings. The molecular weight excluding hydrogens is 556 g/mol. The standard InChI is InChI=1S/C36H30N2O6/c1-42-24-16-12-22(13-17-24)33(40)34-36(25-9-5-6-10-26(25)37-35(36)41)31(28-18-14-21-8-4-7-11-27(21)38(28)34)32(39)23-15-19-29(43-2)30(20-23)44-3/h4-20,28,31,34H,1-3H3,(H,37,41)/t28?,31-,34+,36+/m1/s1. The van der Waals surface area contributed by atoms with Crippen molar-refractivity contribution >= 4 is 34.9 Å². The van der Waals surface area contributed by atoms with Gasteiger partial charge in [-0.3, -0.25) is 14.4 Å². The second-order valence-corrected chi connectivity index (χ2v) is 11.1. The molecule has 3 heterocycles. The van der Waals surface area contributed by atoms with Gasteiger partial charge in [0.25, 0.3) is 0 Å². The maximum absolute atomic E-state index is 14.9. The van der Waals surface area contributed by atoms with Crippen LogP contribution >= 0.6 is 0 Å². The summed E-state index contributed by atoms with van der Waals surface area (Å²) in [5.74, 6) is -0.397. The summed E-state index contributed by atoms with van der Waals surface area (Å²) in [6.45, 7) is 0. The number of amides is 1. The minimum atomic E-state index is -1.55. The van der Waals surface area contributed by atoms with Gasteiger partial charge in [-0.15, -0.1) is 0 Å². The van der Waals surface area contributed by atoms with Crippen molar-refractivity contribution in [2.75, 3.05) is 31.5 Å². The first-order valence-corrected chi connectivity index (χ1v) is 14.3. The molecule has 0 radical (unpaired) electrons. The molecule has 220 valence electrons. The highest BCUT2D eigenvalue weighted by molar-refractivity contribution is 6.20. The van der Waals surface area contributed by atoms with Gasteiger partial charge in [-0.25, -0.2) is 0 Å². The Morgan fingerprint density at radius 3 is 2.23 bits per heavy atom. The van der Waals surface area contributed by atoms with Gasteiger partial charge in [0.2, 0.25) is 5.91 Å². The van der Waals surface area contributed by atoms with Crippen LogP contribution in [0.15, 0.2) is 97.1 Å². The van der Waals surface area contributed by atoms with Gasteiger partial charge < -0.3 is 24.4 Å². The van der Waals surface area contributed by atoms with Crippen molar-refractivity contribution in [1.29, 1.82) is 0 Å². The number of rotatable bonds is 7. The SMILES string of the molecule is COc1ccc(C(=O)[C@@H]2N3c4ccccc4C=CC3[C@H](C(=O)c3ccc(OC)c(OC)c3)[C@]23C(=O)Nc2ccccc23)cc1. The molecule has 1 spiro atoms. The molecule has 8 heteroatoms. The fraction of sp³-hybridized carbons (Fsp3) is 0.194. The van der Waals surface area contributed by atoms with Crippen LogP contribution in [0.1, 0.15) is 31.8 Å². The van der Waals surface area contributed by atoms with Crippen LogP contribution < -0.4 is 24.4 Å². The van der Waals surface area contributed by atoms with Gasteiger partial charge in [0, 0.05) is 22.5 Å². The van der Waals surface area contributed by atoms with E-state index in [0.29, 0.717) is 39.6 Å². The largest absolute Gasteiger partial charge is 0.497 e.